The molecule has 0 saturated carbocycles. The van der Waals surface area contributed by atoms with Crippen LogP contribution in [0, 0.1) is 0 Å². The fourth-order valence-electron chi connectivity index (χ4n) is 1.91. The summed E-state index contributed by atoms with van der Waals surface area (Å²) in [6, 6.07) is 0. The molecule has 2 N–H and O–H groups in total. The summed E-state index contributed by atoms with van der Waals surface area (Å²) >= 11 is 0. The maximum Gasteiger partial charge on any atom is 0.101 e. The number of nitrogens with one attached hydrogen (secondary N) is 1. The SMILES string of the molecule is COCCOCC(O)COCC1CNCC(C)(C)O1. The topological polar surface area (TPSA) is 69.2 Å². The van der Waals surface area contributed by atoms with Crippen molar-refractivity contribution < 1.29 is 24.1 Å². The lowest BCUT2D eigenvalue weighted by Crippen LogP contribution is -2.52. The van der Waals surface area contributed by atoms with Gasteiger partial charge in [-0.15, -0.1) is 0 Å². The van der Waals surface area contributed by atoms with Gasteiger partial charge in [0.1, 0.15) is 6.10 Å². The fourth-order valence-corrected chi connectivity index (χ4v) is 1.91. The molecule has 1 rings (SSSR count). The van der Waals surface area contributed by atoms with Gasteiger partial charge in [-0.1, -0.05) is 0 Å². The number of ether oxygens (including phenoxy) is 4. The number of aliphatic hydroxyl groups is 1. The van der Waals surface area contributed by atoms with Crippen LogP contribution in [0.25, 0.3) is 0 Å². The van der Waals surface area contributed by atoms with E-state index in [1.807, 2.05) is 13.8 Å². The van der Waals surface area contributed by atoms with Crippen LogP contribution in [-0.2, 0) is 18.9 Å². The van der Waals surface area contributed by atoms with Gasteiger partial charge in [0.25, 0.3) is 0 Å². The zero-order valence-corrected chi connectivity index (χ0v) is 12.2. The summed E-state index contributed by atoms with van der Waals surface area (Å²) in [5, 5.41) is 12.9. The van der Waals surface area contributed by atoms with Crippen molar-refractivity contribution in [2.45, 2.75) is 31.7 Å². The Morgan fingerprint density at radius 1 is 1.32 bits per heavy atom. The Morgan fingerprint density at radius 3 is 2.74 bits per heavy atom. The Balaban J connectivity index is 2.03. The van der Waals surface area contributed by atoms with E-state index in [1.54, 1.807) is 7.11 Å². The summed E-state index contributed by atoms with van der Waals surface area (Å²) in [5.74, 6) is 0. The lowest BCUT2D eigenvalue weighted by atomic mass is 10.1. The summed E-state index contributed by atoms with van der Waals surface area (Å²) in [7, 11) is 1.61. The number of methoxy groups -OCH3 is 1. The van der Waals surface area contributed by atoms with Crippen LogP contribution in [0.1, 0.15) is 13.8 Å². The van der Waals surface area contributed by atoms with Crippen molar-refractivity contribution in [3.63, 3.8) is 0 Å². The monoisotopic (exact) mass is 277 g/mol. The molecule has 0 aromatic carbocycles. The zero-order valence-electron chi connectivity index (χ0n) is 12.2. The van der Waals surface area contributed by atoms with Gasteiger partial charge in [0.05, 0.1) is 44.7 Å². The molecule has 19 heavy (non-hydrogen) atoms. The minimum absolute atomic E-state index is 0.0327. The second-order valence-electron chi connectivity index (χ2n) is 5.39. The van der Waals surface area contributed by atoms with Gasteiger partial charge in [0.15, 0.2) is 0 Å². The van der Waals surface area contributed by atoms with Gasteiger partial charge in [-0.2, -0.15) is 0 Å². The zero-order chi connectivity index (χ0) is 14.1. The number of rotatable bonds is 9. The van der Waals surface area contributed by atoms with Crippen molar-refractivity contribution in [1.82, 2.24) is 5.32 Å². The van der Waals surface area contributed by atoms with Crippen molar-refractivity contribution in [3.8, 4) is 0 Å². The standard InChI is InChI=1S/C13H27NO5/c1-13(2)10-14-6-12(19-13)9-18-8-11(15)7-17-5-4-16-3/h11-12,14-15H,4-10H2,1-3H3. The van der Waals surface area contributed by atoms with Crippen LogP contribution in [0.4, 0.5) is 0 Å². The molecular weight excluding hydrogens is 250 g/mol. The molecule has 0 amide bonds. The molecule has 0 aromatic rings. The first kappa shape index (κ1) is 16.8. The van der Waals surface area contributed by atoms with Crippen molar-refractivity contribution >= 4 is 0 Å². The second-order valence-corrected chi connectivity index (χ2v) is 5.39. The third kappa shape index (κ3) is 7.81. The molecule has 1 aliphatic rings. The molecular formula is C13H27NO5. The second kappa shape index (κ2) is 8.84. The number of aliphatic hydroxyl groups excluding tert-OH is 1. The van der Waals surface area contributed by atoms with E-state index in [0.29, 0.717) is 19.8 Å². The van der Waals surface area contributed by atoms with Crippen LogP contribution in [0.2, 0.25) is 0 Å². The maximum absolute atomic E-state index is 9.63. The van der Waals surface area contributed by atoms with E-state index in [-0.39, 0.29) is 24.9 Å². The van der Waals surface area contributed by atoms with Crippen molar-refractivity contribution in [3.05, 3.63) is 0 Å². The summed E-state index contributed by atoms with van der Waals surface area (Å²) in [6.45, 7) is 7.73. The van der Waals surface area contributed by atoms with E-state index in [1.165, 1.54) is 0 Å². The molecule has 2 atom stereocenters. The van der Waals surface area contributed by atoms with E-state index in [4.69, 9.17) is 18.9 Å². The van der Waals surface area contributed by atoms with E-state index < -0.39 is 6.10 Å². The van der Waals surface area contributed by atoms with Gasteiger partial charge in [0, 0.05) is 20.2 Å². The number of hydrogen-bond donors (Lipinski definition) is 2. The molecule has 0 spiro atoms. The fraction of sp³-hybridized carbons (Fsp3) is 1.00. The minimum Gasteiger partial charge on any atom is -0.388 e. The highest BCUT2D eigenvalue weighted by atomic mass is 16.6. The third-order valence-corrected chi connectivity index (χ3v) is 2.76. The summed E-state index contributed by atoms with van der Waals surface area (Å²) in [5.41, 5.74) is -0.159. The van der Waals surface area contributed by atoms with Crippen molar-refractivity contribution in [2.75, 3.05) is 53.2 Å². The molecule has 6 nitrogen and oxygen atoms in total. The molecule has 0 radical (unpaired) electrons. The summed E-state index contributed by atoms with van der Waals surface area (Å²) < 4.78 is 21.4. The van der Waals surface area contributed by atoms with Gasteiger partial charge in [-0.3, -0.25) is 0 Å². The summed E-state index contributed by atoms with van der Waals surface area (Å²) in [6.07, 6.45) is -0.577. The Labute approximate surface area is 115 Å². The van der Waals surface area contributed by atoms with Gasteiger partial charge in [0.2, 0.25) is 0 Å². The normalized spacial score (nSPS) is 24.3. The van der Waals surface area contributed by atoms with Crippen LogP contribution < -0.4 is 5.32 Å². The average molecular weight is 277 g/mol. The van der Waals surface area contributed by atoms with E-state index in [9.17, 15) is 5.11 Å². The molecule has 0 aliphatic carbocycles. The molecule has 0 bridgehead atoms. The van der Waals surface area contributed by atoms with E-state index >= 15 is 0 Å². The average Bonchev–Trinajstić information content (AvgIpc) is 2.33. The predicted molar refractivity (Wildman–Crippen MR) is 71.3 cm³/mol. The lowest BCUT2D eigenvalue weighted by molar-refractivity contribution is -0.127. The molecule has 0 aromatic heterocycles. The summed E-state index contributed by atoms with van der Waals surface area (Å²) in [4.78, 5) is 0. The predicted octanol–water partition coefficient (Wildman–Crippen LogP) is -0.206. The first-order chi connectivity index (χ1) is 9.03. The molecule has 114 valence electrons. The van der Waals surface area contributed by atoms with Crippen LogP contribution in [0.5, 0.6) is 0 Å². The Kier molecular flexibility index (Phi) is 7.82. The van der Waals surface area contributed by atoms with Crippen LogP contribution in [-0.4, -0.2) is 76.1 Å². The Bertz CT molecular complexity index is 237. The Hall–Kier alpha value is -0.240. The largest absolute Gasteiger partial charge is 0.388 e. The first-order valence-corrected chi connectivity index (χ1v) is 6.74. The molecule has 2 unspecified atom stereocenters. The molecule has 1 aliphatic heterocycles. The van der Waals surface area contributed by atoms with E-state index in [2.05, 4.69) is 5.32 Å². The highest BCUT2D eigenvalue weighted by Gasteiger charge is 2.28. The van der Waals surface area contributed by atoms with E-state index in [0.717, 1.165) is 13.1 Å². The maximum atomic E-state index is 9.63. The molecule has 1 heterocycles. The molecule has 6 heteroatoms. The molecule has 1 fully saturated rings. The highest BCUT2D eigenvalue weighted by molar-refractivity contribution is 4.81. The quantitative estimate of drug-likeness (QED) is 0.569. The smallest absolute Gasteiger partial charge is 0.101 e. The third-order valence-electron chi connectivity index (χ3n) is 2.76. The van der Waals surface area contributed by atoms with Gasteiger partial charge >= 0.3 is 0 Å². The first-order valence-electron chi connectivity index (χ1n) is 6.74. The van der Waals surface area contributed by atoms with Crippen molar-refractivity contribution in [2.24, 2.45) is 0 Å². The number of morpholine rings is 1. The Morgan fingerprint density at radius 2 is 2.05 bits per heavy atom. The van der Waals surface area contributed by atoms with Crippen LogP contribution >= 0.6 is 0 Å². The lowest BCUT2D eigenvalue weighted by Gasteiger charge is -2.36. The number of hydrogen-bond acceptors (Lipinski definition) is 6. The van der Waals surface area contributed by atoms with Gasteiger partial charge < -0.3 is 29.4 Å². The highest BCUT2D eigenvalue weighted by Crippen LogP contribution is 2.15. The van der Waals surface area contributed by atoms with Gasteiger partial charge in [-0.25, -0.2) is 0 Å². The van der Waals surface area contributed by atoms with Gasteiger partial charge in [-0.05, 0) is 13.8 Å². The van der Waals surface area contributed by atoms with Crippen molar-refractivity contribution in [1.29, 1.82) is 0 Å². The molecule has 1 saturated heterocycles. The van der Waals surface area contributed by atoms with Crippen LogP contribution in [0.15, 0.2) is 0 Å². The van der Waals surface area contributed by atoms with Crippen LogP contribution in [0.3, 0.4) is 0 Å². The minimum atomic E-state index is -0.610.